The second kappa shape index (κ2) is 9.62. The predicted molar refractivity (Wildman–Crippen MR) is 102 cm³/mol. The van der Waals surface area contributed by atoms with Gasteiger partial charge < -0.3 is 0 Å². The Bertz CT molecular complexity index is 919. The van der Waals surface area contributed by atoms with Crippen molar-refractivity contribution < 1.29 is 20.1 Å². The van der Waals surface area contributed by atoms with Crippen LogP contribution in [-0.2, 0) is 20.1 Å². The summed E-state index contributed by atoms with van der Waals surface area (Å²) < 4.78 is 1.81. The minimum atomic E-state index is 0. The van der Waals surface area contributed by atoms with E-state index in [0.29, 0.717) is 0 Å². The van der Waals surface area contributed by atoms with Crippen LogP contribution in [0.5, 0.6) is 0 Å². The molecule has 26 heavy (non-hydrogen) atoms. The molecule has 0 aliphatic rings. The second-order valence-corrected chi connectivity index (χ2v) is 5.45. The van der Waals surface area contributed by atoms with Gasteiger partial charge in [0.2, 0.25) is 0 Å². The molecule has 1 radical (unpaired) electrons. The van der Waals surface area contributed by atoms with Crippen molar-refractivity contribution in [3.63, 3.8) is 0 Å². The number of hydrogen-bond acceptors (Lipinski definition) is 2. The van der Waals surface area contributed by atoms with Crippen LogP contribution in [0.3, 0.4) is 0 Å². The van der Waals surface area contributed by atoms with Crippen molar-refractivity contribution >= 4 is 0 Å². The Labute approximate surface area is 168 Å². The fourth-order valence-electron chi connectivity index (χ4n) is 2.44. The van der Waals surface area contributed by atoms with Gasteiger partial charge in [-0.25, -0.2) is 0 Å². The summed E-state index contributed by atoms with van der Waals surface area (Å²) >= 11 is 0. The molecule has 0 spiro atoms. The molecule has 0 aliphatic carbocycles. The maximum atomic E-state index is 4.27. The van der Waals surface area contributed by atoms with E-state index in [2.05, 4.69) is 23.9 Å². The summed E-state index contributed by atoms with van der Waals surface area (Å²) in [5, 5.41) is 4.12. The largest absolute Gasteiger partial charge is 0.294 e. The van der Waals surface area contributed by atoms with E-state index < -0.39 is 0 Å². The van der Waals surface area contributed by atoms with E-state index in [4.69, 9.17) is 0 Å². The molecule has 133 valence electrons. The van der Waals surface area contributed by atoms with E-state index in [1.807, 2.05) is 83.7 Å². The third kappa shape index (κ3) is 4.85. The van der Waals surface area contributed by atoms with Crippen molar-refractivity contribution in [3.8, 4) is 16.9 Å². The van der Waals surface area contributed by atoms with Crippen molar-refractivity contribution in [1.29, 1.82) is 0 Å². The molecule has 0 N–H and O–H groups in total. The zero-order valence-corrected chi connectivity index (χ0v) is 16.6. The van der Waals surface area contributed by atoms with Crippen LogP contribution in [0.15, 0.2) is 91.4 Å². The summed E-state index contributed by atoms with van der Waals surface area (Å²) in [6.45, 7) is 7.87. The number of nitrogens with zero attached hydrogens (tertiary/aromatic N) is 3. The van der Waals surface area contributed by atoms with Crippen LogP contribution >= 0.6 is 0 Å². The van der Waals surface area contributed by atoms with Gasteiger partial charge in [-0.15, -0.1) is 23.8 Å². The Morgan fingerprint density at radius 2 is 1.38 bits per heavy atom. The van der Waals surface area contributed by atoms with E-state index >= 15 is 0 Å². The molecule has 2 aromatic heterocycles. The van der Waals surface area contributed by atoms with Gasteiger partial charge >= 0.3 is 0 Å². The summed E-state index contributed by atoms with van der Waals surface area (Å²) in [4.78, 5) is 4.27. The average Bonchev–Trinajstić information content (AvgIpc) is 3.18. The topological polar surface area (TPSA) is 30.7 Å². The Kier molecular flexibility index (Phi) is 7.22. The predicted octanol–water partition coefficient (Wildman–Crippen LogP) is 4.98. The van der Waals surface area contributed by atoms with Gasteiger partial charge in [0.25, 0.3) is 0 Å². The minimum Gasteiger partial charge on any atom is -0.294 e. The van der Waals surface area contributed by atoms with Crippen LogP contribution in [-0.4, -0.2) is 14.8 Å². The van der Waals surface area contributed by atoms with Gasteiger partial charge in [0.05, 0.1) is 0 Å². The fraction of sp³-hybridized carbons (Fsp3) is 0. The molecule has 4 heteroatoms. The van der Waals surface area contributed by atoms with Gasteiger partial charge in [-0.3, -0.25) is 9.67 Å². The number of rotatable bonds is 2. The Balaban J connectivity index is 0.000000180. The maximum Gasteiger partial charge on any atom is 0.0481 e. The van der Waals surface area contributed by atoms with Crippen molar-refractivity contribution in [2.45, 2.75) is 0 Å². The molecule has 4 aromatic rings. The summed E-state index contributed by atoms with van der Waals surface area (Å²) in [6, 6.07) is 23.7. The molecule has 2 aromatic carbocycles. The summed E-state index contributed by atoms with van der Waals surface area (Å²) in [5.41, 5.74) is 5.11. The summed E-state index contributed by atoms with van der Waals surface area (Å²) in [5.74, 6) is 0. The molecule has 4 rings (SSSR count). The number of benzene rings is 2. The molecule has 2 heterocycles. The first-order valence-electron chi connectivity index (χ1n) is 7.99. The molecular weight excluding hydrogens is 498 g/mol. The maximum absolute atomic E-state index is 4.27. The molecule has 0 aliphatic heterocycles. The third-order valence-corrected chi connectivity index (χ3v) is 3.70. The normalized spacial score (nSPS) is 9.54. The fourth-order valence-corrected chi connectivity index (χ4v) is 2.44. The van der Waals surface area contributed by atoms with Crippen molar-refractivity contribution in [1.82, 2.24) is 14.8 Å². The smallest absolute Gasteiger partial charge is 0.0481 e. The van der Waals surface area contributed by atoms with Crippen molar-refractivity contribution in [2.75, 3.05) is 0 Å². The van der Waals surface area contributed by atoms with E-state index in [1.54, 1.807) is 12.4 Å². The number of para-hydroxylation sites is 1. The van der Waals surface area contributed by atoms with Crippen molar-refractivity contribution in [2.24, 2.45) is 0 Å². The molecule has 3 nitrogen and oxygen atoms in total. The Morgan fingerprint density at radius 3 is 2.00 bits per heavy atom. The van der Waals surface area contributed by atoms with Gasteiger partial charge in [0.1, 0.15) is 0 Å². The van der Waals surface area contributed by atoms with Gasteiger partial charge in [-0.05, 0) is 23.9 Å². The van der Waals surface area contributed by atoms with Crippen LogP contribution < -0.4 is 0 Å². The molecular formula is C22H19IrN3-2. The number of pyridine rings is 1. The first-order chi connectivity index (χ1) is 12.3. The molecule has 0 unspecified atom stereocenters. The van der Waals surface area contributed by atoms with Crippen LogP contribution in [0, 0.1) is 13.8 Å². The first kappa shape index (κ1) is 19.5. The monoisotopic (exact) mass is 518 g/mol. The Morgan fingerprint density at radius 1 is 0.692 bits per heavy atom. The first-order valence-corrected chi connectivity index (χ1v) is 7.99. The molecule has 0 saturated carbocycles. The zero-order chi connectivity index (χ0) is 17.5. The molecule has 0 amide bonds. The van der Waals surface area contributed by atoms with Gasteiger partial charge in [-0.1, -0.05) is 24.3 Å². The van der Waals surface area contributed by atoms with E-state index in [1.165, 1.54) is 0 Å². The average molecular weight is 518 g/mol. The summed E-state index contributed by atoms with van der Waals surface area (Å²) in [6.07, 6.45) is 5.46. The SMILES string of the molecule is [CH2-]c1ccccc1-c1ccccn1.[CH2-]c1ccccc1-n1cccn1.[Ir]. The van der Waals surface area contributed by atoms with Gasteiger partial charge in [-0.2, -0.15) is 42.2 Å². The van der Waals surface area contributed by atoms with Gasteiger partial charge in [0.15, 0.2) is 0 Å². The quantitative estimate of drug-likeness (QED) is 0.351. The zero-order valence-electron chi connectivity index (χ0n) is 14.2. The summed E-state index contributed by atoms with van der Waals surface area (Å²) in [7, 11) is 0. The van der Waals surface area contributed by atoms with E-state index in [9.17, 15) is 0 Å². The van der Waals surface area contributed by atoms with Crippen LogP contribution in [0.4, 0.5) is 0 Å². The van der Waals surface area contributed by atoms with E-state index in [0.717, 1.165) is 28.1 Å². The molecule has 0 bridgehead atoms. The van der Waals surface area contributed by atoms with Crippen LogP contribution in [0.1, 0.15) is 11.1 Å². The number of hydrogen-bond donors (Lipinski definition) is 0. The Hall–Kier alpha value is -2.81. The van der Waals surface area contributed by atoms with Crippen LogP contribution in [0.2, 0.25) is 0 Å². The van der Waals surface area contributed by atoms with Crippen molar-refractivity contribution in [3.05, 3.63) is 116 Å². The second-order valence-electron chi connectivity index (χ2n) is 5.45. The third-order valence-electron chi connectivity index (χ3n) is 3.70. The van der Waals surface area contributed by atoms with Crippen LogP contribution in [0.25, 0.3) is 16.9 Å². The molecule has 0 fully saturated rings. The molecule has 0 saturated heterocycles. The van der Waals surface area contributed by atoms with Gasteiger partial charge in [0, 0.05) is 44.4 Å². The standard InChI is InChI=1S/C12H10N.C10H9N2.Ir/c1-10-6-2-3-7-11(10)12-8-4-5-9-13-12;1-9-5-2-3-6-10(9)12-8-4-7-11-12;/h2-9H,1H2;2-8H,1H2;/q2*-1;. The number of aromatic nitrogens is 3. The minimum absolute atomic E-state index is 0. The van der Waals surface area contributed by atoms with E-state index in [-0.39, 0.29) is 20.1 Å². The molecule has 0 atom stereocenters.